The number of anilines is 1. The number of nitrogens with zero attached hydrogens (tertiary/aromatic N) is 1. The predicted octanol–water partition coefficient (Wildman–Crippen LogP) is 3.72. The maximum Gasteiger partial charge on any atom is 0.274 e. The van der Waals surface area contributed by atoms with Crippen LogP contribution in [0.3, 0.4) is 0 Å². The molecular formula is C17H15BrFN3O2. The third kappa shape index (κ3) is 5.27. The van der Waals surface area contributed by atoms with Gasteiger partial charge in [0.15, 0.2) is 0 Å². The van der Waals surface area contributed by atoms with Crippen LogP contribution in [0.1, 0.15) is 23.7 Å². The molecule has 0 aliphatic carbocycles. The van der Waals surface area contributed by atoms with Gasteiger partial charge in [0.1, 0.15) is 5.82 Å². The van der Waals surface area contributed by atoms with Gasteiger partial charge in [-0.3, -0.25) is 9.59 Å². The van der Waals surface area contributed by atoms with Crippen LogP contribution in [-0.4, -0.2) is 17.5 Å². The summed E-state index contributed by atoms with van der Waals surface area (Å²) in [7, 11) is 0. The summed E-state index contributed by atoms with van der Waals surface area (Å²) in [5.74, 6) is -1.56. The number of hydrogen-bond acceptors (Lipinski definition) is 3. The minimum absolute atomic E-state index is 0.00756. The first kappa shape index (κ1) is 17.8. The maximum absolute atomic E-state index is 13.5. The first-order valence-electron chi connectivity index (χ1n) is 7.09. The summed E-state index contributed by atoms with van der Waals surface area (Å²) in [6.45, 7) is 1.60. The number of hydrogen-bond donors (Lipinski definition) is 2. The van der Waals surface area contributed by atoms with Crippen molar-refractivity contribution in [3.63, 3.8) is 0 Å². The third-order valence-electron chi connectivity index (χ3n) is 3.01. The van der Waals surface area contributed by atoms with Crippen molar-refractivity contribution in [2.45, 2.75) is 13.3 Å². The van der Waals surface area contributed by atoms with Crippen LogP contribution in [0, 0.1) is 5.82 Å². The van der Waals surface area contributed by atoms with Gasteiger partial charge in [0.05, 0.1) is 12.0 Å². The second-order valence-electron chi connectivity index (χ2n) is 5.00. The van der Waals surface area contributed by atoms with Gasteiger partial charge < -0.3 is 5.32 Å². The Labute approximate surface area is 147 Å². The summed E-state index contributed by atoms with van der Waals surface area (Å²) < 4.78 is 14.4. The molecule has 2 amide bonds. The Bertz CT molecular complexity index is 776. The van der Waals surface area contributed by atoms with Crippen LogP contribution in [0.5, 0.6) is 0 Å². The van der Waals surface area contributed by atoms with E-state index in [0.717, 1.165) is 4.47 Å². The zero-order valence-corrected chi connectivity index (χ0v) is 14.4. The molecule has 2 aromatic carbocycles. The van der Waals surface area contributed by atoms with Crippen molar-refractivity contribution in [2.24, 2.45) is 5.10 Å². The van der Waals surface area contributed by atoms with Crippen LogP contribution in [0.2, 0.25) is 0 Å². The number of carbonyl (C=O) groups excluding carboxylic acids is 2. The number of hydrazone groups is 1. The van der Waals surface area contributed by atoms with Gasteiger partial charge in [-0.2, -0.15) is 5.10 Å². The molecule has 5 nitrogen and oxygen atoms in total. The van der Waals surface area contributed by atoms with E-state index >= 15 is 0 Å². The number of rotatable bonds is 5. The van der Waals surface area contributed by atoms with Crippen molar-refractivity contribution in [2.75, 3.05) is 5.32 Å². The second kappa shape index (κ2) is 8.35. The van der Waals surface area contributed by atoms with Gasteiger partial charge >= 0.3 is 0 Å². The van der Waals surface area contributed by atoms with Gasteiger partial charge in [0.25, 0.3) is 5.91 Å². The molecule has 0 unspecified atom stereocenters. The zero-order valence-electron chi connectivity index (χ0n) is 12.8. The van der Waals surface area contributed by atoms with Gasteiger partial charge in [0, 0.05) is 15.9 Å². The first-order valence-corrected chi connectivity index (χ1v) is 7.88. The van der Waals surface area contributed by atoms with Crippen molar-refractivity contribution < 1.29 is 14.0 Å². The van der Waals surface area contributed by atoms with E-state index in [1.165, 1.54) is 18.2 Å². The molecule has 0 heterocycles. The van der Waals surface area contributed by atoms with E-state index in [9.17, 15) is 14.0 Å². The minimum Gasteiger partial charge on any atom is -0.326 e. The number of amides is 2. The second-order valence-corrected chi connectivity index (χ2v) is 5.92. The fraction of sp³-hybridized carbons (Fsp3) is 0.118. The molecule has 0 fully saturated rings. The van der Waals surface area contributed by atoms with E-state index in [0.29, 0.717) is 11.4 Å². The van der Waals surface area contributed by atoms with Crippen molar-refractivity contribution >= 4 is 39.1 Å². The molecule has 7 heteroatoms. The van der Waals surface area contributed by atoms with E-state index < -0.39 is 11.7 Å². The molecule has 0 atom stereocenters. The Hall–Kier alpha value is -2.54. The van der Waals surface area contributed by atoms with Crippen LogP contribution in [-0.2, 0) is 4.79 Å². The van der Waals surface area contributed by atoms with E-state index in [-0.39, 0.29) is 17.9 Å². The highest BCUT2D eigenvalue weighted by Gasteiger charge is 2.10. The van der Waals surface area contributed by atoms with E-state index in [4.69, 9.17) is 0 Å². The first-order chi connectivity index (χ1) is 11.5. The molecule has 0 radical (unpaired) electrons. The summed E-state index contributed by atoms with van der Waals surface area (Å²) in [6, 6.07) is 12.7. The largest absolute Gasteiger partial charge is 0.326 e. The molecule has 2 aromatic rings. The van der Waals surface area contributed by atoms with E-state index in [1.807, 2.05) is 12.1 Å². The maximum atomic E-state index is 13.5. The number of benzene rings is 2. The molecule has 0 saturated carbocycles. The van der Waals surface area contributed by atoms with Crippen LogP contribution in [0.4, 0.5) is 10.1 Å². The lowest BCUT2D eigenvalue weighted by Gasteiger charge is -2.06. The van der Waals surface area contributed by atoms with Gasteiger partial charge in [-0.1, -0.05) is 28.1 Å². The SMILES string of the molecule is C/C(CC(=O)Nc1ccc(Br)cc1)=N\NC(=O)c1ccccc1F. The molecule has 0 saturated heterocycles. The highest BCUT2D eigenvalue weighted by molar-refractivity contribution is 9.10. The lowest BCUT2D eigenvalue weighted by molar-refractivity contribution is -0.115. The molecule has 0 aliphatic rings. The molecule has 2 N–H and O–H groups in total. The predicted molar refractivity (Wildman–Crippen MR) is 94.4 cm³/mol. The monoisotopic (exact) mass is 391 g/mol. The molecule has 0 spiro atoms. The van der Waals surface area contributed by atoms with Crippen molar-refractivity contribution in [1.29, 1.82) is 0 Å². The highest BCUT2D eigenvalue weighted by atomic mass is 79.9. The molecule has 24 heavy (non-hydrogen) atoms. The van der Waals surface area contributed by atoms with Gasteiger partial charge in [0.2, 0.25) is 5.91 Å². The summed E-state index contributed by atoms with van der Waals surface area (Å²) in [6.07, 6.45) is 0.00756. The van der Waals surface area contributed by atoms with Crippen LogP contribution in [0.15, 0.2) is 58.1 Å². The Kier molecular flexibility index (Phi) is 6.20. The minimum atomic E-state index is -0.666. The highest BCUT2D eigenvalue weighted by Crippen LogP contribution is 2.14. The average Bonchev–Trinajstić information content (AvgIpc) is 2.55. The van der Waals surface area contributed by atoms with Gasteiger partial charge in [-0.25, -0.2) is 9.82 Å². The Balaban J connectivity index is 1.89. The fourth-order valence-electron chi connectivity index (χ4n) is 1.86. The normalized spacial score (nSPS) is 11.0. The summed E-state index contributed by atoms with van der Waals surface area (Å²) in [5, 5.41) is 6.53. The Morgan fingerprint density at radius 1 is 1.12 bits per heavy atom. The molecular weight excluding hydrogens is 377 g/mol. The van der Waals surface area contributed by atoms with E-state index in [1.54, 1.807) is 25.1 Å². The summed E-state index contributed by atoms with van der Waals surface area (Å²) >= 11 is 3.31. The molecule has 0 aromatic heterocycles. The Morgan fingerprint density at radius 2 is 1.79 bits per heavy atom. The zero-order chi connectivity index (χ0) is 17.5. The van der Waals surface area contributed by atoms with Crippen molar-refractivity contribution in [1.82, 2.24) is 5.43 Å². The lowest BCUT2D eigenvalue weighted by Crippen LogP contribution is -2.22. The lowest BCUT2D eigenvalue weighted by atomic mass is 10.2. The Morgan fingerprint density at radius 3 is 2.46 bits per heavy atom. The van der Waals surface area contributed by atoms with Crippen LogP contribution in [0.25, 0.3) is 0 Å². The average molecular weight is 392 g/mol. The van der Waals surface area contributed by atoms with Crippen LogP contribution >= 0.6 is 15.9 Å². The third-order valence-corrected chi connectivity index (χ3v) is 3.54. The quantitative estimate of drug-likeness (QED) is 0.602. The summed E-state index contributed by atoms with van der Waals surface area (Å²) in [4.78, 5) is 23.7. The molecule has 124 valence electrons. The topological polar surface area (TPSA) is 70.6 Å². The van der Waals surface area contributed by atoms with Crippen LogP contribution < -0.4 is 10.7 Å². The van der Waals surface area contributed by atoms with Crippen molar-refractivity contribution in [3.05, 3.63) is 64.4 Å². The molecule has 0 aliphatic heterocycles. The molecule has 0 bridgehead atoms. The standard InChI is InChI=1S/C17H15BrFN3O2/c1-11(10-16(23)20-13-8-6-12(18)7-9-13)21-22-17(24)14-4-2-3-5-15(14)19/h2-9H,10H2,1H3,(H,20,23)(H,22,24)/b21-11+. The van der Waals surface area contributed by atoms with Gasteiger partial charge in [-0.15, -0.1) is 0 Å². The van der Waals surface area contributed by atoms with Gasteiger partial charge in [-0.05, 0) is 43.3 Å². The molecule has 2 rings (SSSR count). The number of nitrogens with one attached hydrogen (secondary N) is 2. The smallest absolute Gasteiger partial charge is 0.274 e. The summed E-state index contributed by atoms with van der Waals surface area (Å²) in [5.41, 5.74) is 3.19. The fourth-order valence-corrected chi connectivity index (χ4v) is 2.13. The van der Waals surface area contributed by atoms with Crippen molar-refractivity contribution in [3.8, 4) is 0 Å². The number of carbonyl (C=O) groups is 2. The number of halogens is 2. The van der Waals surface area contributed by atoms with E-state index in [2.05, 4.69) is 31.8 Å².